The zero-order valence-electron chi connectivity index (χ0n) is 10.3. The lowest BCUT2D eigenvalue weighted by Crippen LogP contribution is -2.18. The van der Waals surface area contributed by atoms with Gasteiger partial charge in [-0.15, -0.1) is 0 Å². The number of hydrogen-bond donors (Lipinski definition) is 2. The van der Waals surface area contributed by atoms with Gasteiger partial charge in [0.05, 0.1) is 10.6 Å². The van der Waals surface area contributed by atoms with Crippen LogP contribution in [0.25, 0.3) is 11.4 Å². The molecule has 0 bridgehead atoms. The van der Waals surface area contributed by atoms with E-state index in [4.69, 9.17) is 17.3 Å². The van der Waals surface area contributed by atoms with Crippen LogP contribution in [0.3, 0.4) is 0 Å². The minimum absolute atomic E-state index is 0.185. The molecule has 4 nitrogen and oxygen atoms in total. The molecule has 3 N–H and O–H groups in total. The third-order valence-corrected chi connectivity index (χ3v) is 3.95. The molecule has 2 aromatic rings. The summed E-state index contributed by atoms with van der Waals surface area (Å²) in [7, 11) is 0. The van der Waals surface area contributed by atoms with Crippen LogP contribution in [0.5, 0.6) is 0 Å². The Morgan fingerprint density at radius 2 is 2.21 bits per heavy atom. The van der Waals surface area contributed by atoms with Gasteiger partial charge in [0, 0.05) is 10.0 Å². The van der Waals surface area contributed by atoms with Gasteiger partial charge in [-0.2, -0.15) is 0 Å². The van der Waals surface area contributed by atoms with Gasteiger partial charge in [-0.05, 0) is 40.5 Å². The first-order valence-electron chi connectivity index (χ1n) is 5.87. The van der Waals surface area contributed by atoms with Crippen molar-refractivity contribution < 1.29 is 0 Å². The summed E-state index contributed by atoms with van der Waals surface area (Å²) in [6.45, 7) is 1.99. The number of nitrogens with zero attached hydrogens (tertiary/aromatic N) is 1. The van der Waals surface area contributed by atoms with Crippen molar-refractivity contribution >= 4 is 33.3 Å². The summed E-state index contributed by atoms with van der Waals surface area (Å²) in [5.74, 6) is 0.728. The second-order valence-electron chi connectivity index (χ2n) is 4.16. The quantitative estimate of drug-likeness (QED) is 0.898. The molecular formula is C13H13BrClN3O. The summed E-state index contributed by atoms with van der Waals surface area (Å²) in [6, 6.07) is 5.31. The highest BCUT2D eigenvalue weighted by molar-refractivity contribution is 9.10. The van der Waals surface area contributed by atoms with Crippen molar-refractivity contribution in [1.29, 1.82) is 0 Å². The molecule has 1 heterocycles. The molecule has 0 saturated heterocycles. The van der Waals surface area contributed by atoms with Crippen molar-refractivity contribution in [3.63, 3.8) is 0 Å². The van der Waals surface area contributed by atoms with E-state index in [2.05, 4.69) is 25.9 Å². The number of nitrogens with two attached hydrogens (primary N) is 1. The number of anilines is 1. The summed E-state index contributed by atoms with van der Waals surface area (Å²) in [5.41, 5.74) is 6.95. The largest absolute Gasteiger partial charge is 0.383 e. The van der Waals surface area contributed by atoms with Crippen molar-refractivity contribution in [1.82, 2.24) is 9.97 Å². The minimum Gasteiger partial charge on any atom is -0.383 e. The Balaban J connectivity index is 2.52. The number of aromatic amines is 1. The maximum Gasteiger partial charge on any atom is 0.256 e. The molecule has 2 rings (SSSR count). The fraction of sp³-hybridized carbons (Fsp3) is 0.231. The lowest BCUT2D eigenvalue weighted by molar-refractivity contribution is 0.892. The van der Waals surface area contributed by atoms with Gasteiger partial charge in [0.2, 0.25) is 0 Å². The Morgan fingerprint density at radius 1 is 1.47 bits per heavy atom. The maximum absolute atomic E-state index is 12.0. The number of benzene rings is 1. The highest BCUT2D eigenvalue weighted by atomic mass is 79.9. The van der Waals surface area contributed by atoms with Gasteiger partial charge >= 0.3 is 0 Å². The molecule has 0 fully saturated rings. The van der Waals surface area contributed by atoms with Crippen LogP contribution in [0.1, 0.15) is 18.9 Å². The Bertz CT molecular complexity index is 669. The Hall–Kier alpha value is -1.33. The fourth-order valence-corrected chi connectivity index (χ4v) is 2.28. The Labute approximate surface area is 124 Å². The van der Waals surface area contributed by atoms with E-state index in [0.717, 1.165) is 16.5 Å². The van der Waals surface area contributed by atoms with Crippen LogP contribution >= 0.6 is 27.5 Å². The second kappa shape index (κ2) is 5.75. The van der Waals surface area contributed by atoms with Gasteiger partial charge in [-0.1, -0.05) is 24.9 Å². The molecule has 0 unspecified atom stereocenters. The van der Waals surface area contributed by atoms with Gasteiger partial charge in [-0.3, -0.25) is 4.79 Å². The third-order valence-electron chi connectivity index (χ3n) is 2.74. The Kier molecular flexibility index (Phi) is 4.27. The van der Waals surface area contributed by atoms with E-state index in [1.165, 1.54) is 0 Å². The highest BCUT2D eigenvalue weighted by Crippen LogP contribution is 2.27. The van der Waals surface area contributed by atoms with Crippen LogP contribution in [-0.4, -0.2) is 9.97 Å². The van der Waals surface area contributed by atoms with Crippen molar-refractivity contribution in [2.45, 2.75) is 19.8 Å². The molecule has 6 heteroatoms. The van der Waals surface area contributed by atoms with Crippen LogP contribution in [-0.2, 0) is 6.42 Å². The fourth-order valence-electron chi connectivity index (χ4n) is 1.79. The van der Waals surface area contributed by atoms with E-state index in [1.807, 2.05) is 6.92 Å². The molecule has 0 aliphatic carbocycles. The molecule has 0 spiro atoms. The number of nitrogen functional groups attached to an aromatic ring is 1. The molecule has 0 atom stereocenters. The summed E-state index contributed by atoms with van der Waals surface area (Å²) >= 11 is 9.27. The molecule has 0 amide bonds. The topological polar surface area (TPSA) is 71.8 Å². The summed E-state index contributed by atoms with van der Waals surface area (Å²) in [4.78, 5) is 19.0. The van der Waals surface area contributed by atoms with Gasteiger partial charge in [-0.25, -0.2) is 4.98 Å². The number of halogens is 2. The smallest absolute Gasteiger partial charge is 0.256 e. The standard InChI is InChI=1S/C13H13BrClN3O/c1-2-3-8-11(16)17-12(18-13(8)19)7-4-5-10(15)9(14)6-7/h4-6H,2-3H2,1H3,(H3,16,17,18,19). The minimum atomic E-state index is -0.185. The third kappa shape index (κ3) is 2.98. The molecule has 0 radical (unpaired) electrons. The number of rotatable bonds is 3. The predicted molar refractivity (Wildman–Crippen MR) is 81.4 cm³/mol. The van der Waals surface area contributed by atoms with Crippen LogP contribution in [0.2, 0.25) is 5.02 Å². The molecule has 1 aromatic carbocycles. The van der Waals surface area contributed by atoms with E-state index in [1.54, 1.807) is 18.2 Å². The summed E-state index contributed by atoms with van der Waals surface area (Å²) in [6.07, 6.45) is 1.47. The molecule has 19 heavy (non-hydrogen) atoms. The van der Waals surface area contributed by atoms with E-state index in [9.17, 15) is 4.79 Å². The van der Waals surface area contributed by atoms with Gasteiger partial charge in [0.25, 0.3) is 5.56 Å². The lowest BCUT2D eigenvalue weighted by atomic mass is 10.1. The molecule has 0 saturated carbocycles. The average Bonchev–Trinajstić information content (AvgIpc) is 2.37. The zero-order chi connectivity index (χ0) is 14.0. The van der Waals surface area contributed by atoms with E-state index < -0.39 is 0 Å². The normalized spacial score (nSPS) is 10.7. The van der Waals surface area contributed by atoms with Gasteiger partial charge < -0.3 is 10.7 Å². The van der Waals surface area contributed by atoms with E-state index in [-0.39, 0.29) is 11.4 Å². The molecule has 100 valence electrons. The van der Waals surface area contributed by atoms with Gasteiger partial charge in [0.1, 0.15) is 11.6 Å². The second-order valence-corrected chi connectivity index (χ2v) is 5.42. The molecule has 0 aliphatic rings. The monoisotopic (exact) mass is 341 g/mol. The van der Waals surface area contributed by atoms with E-state index >= 15 is 0 Å². The zero-order valence-corrected chi connectivity index (χ0v) is 12.7. The van der Waals surface area contributed by atoms with Crippen molar-refractivity contribution in [2.24, 2.45) is 0 Å². The highest BCUT2D eigenvalue weighted by Gasteiger charge is 2.10. The van der Waals surface area contributed by atoms with Gasteiger partial charge in [0.15, 0.2) is 0 Å². The molecule has 0 aliphatic heterocycles. The van der Waals surface area contributed by atoms with Crippen LogP contribution in [0.15, 0.2) is 27.5 Å². The molecule has 1 aromatic heterocycles. The van der Waals surface area contributed by atoms with Crippen LogP contribution in [0.4, 0.5) is 5.82 Å². The van der Waals surface area contributed by atoms with Crippen LogP contribution in [0, 0.1) is 0 Å². The predicted octanol–water partition coefficient (Wildman–Crippen LogP) is 3.39. The SMILES string of the molecule is CCCc1c(N)nc(-c2ccc(Cl)c(Br)c2)[nH]c1=O. The van der Waals surface area contributed by atoms with Crippen LogP contribution < -0.4 is 11.3 Å². The number of aromatic nitrogens is 2. The van der Waals surface area contributed by atoms with Crippen molar-refractivity contribution in [2.75, 3.05) is 5.73 Å². The Morgan fingerprint density at radius 3 is 2.79 bits per heavy atom. The van der Waals surface area contributed by atoms with Crippen molar-refractivity contribution in [3.8, 4) is 11.4 Å². The molecular weight excluding hydrogens is 330 g/mol. The number of nitrogens with one attached hydrogen (secondary N) is 1. The number of H-pyrrole nitrogens is 1. The number of hydrogen-bond acceptors (Lipinski definition) is 3. The van der Waals surface area contributed by atoms with E-state index in [0.29, 0.717) is 22.8 Å². The first-order valence-corrected chi connectivity index (χ1v) is 7.04. The lowest BCUT2D eigenvalue weighted by Gasteiger charge is -2.07. The summed E-state index contributed by atoms with van der Waals surface area (Å²) in [5, 5.41) is 0.599. The summed E-state index contributed by atoms with van der Waals surface area (Å²) < 4.78 is 0.741. The average molecular weight is 343 g/mol. The first-order chi connectivity index (χ1) is 9.02. The first kappa shape index (κ1) is 14.1. The maximum atomic E-state index is 12.0. The van der Waals surface area contributed by atoms with Crippen molar-refractivity contribution in [3.05, 3.63) is 43.6 Å².